The van der Waals surface area contributed by atoms with E-state index in [0.717, 1.165) is 12.1 Å². The quantitative estimate of drug-likeness (QED) is 0.863. The molecule has 0 heterocycles. The van der Waals surface area contributed by atoms with E-state index in [9.17, 15) is 26.4 Å². The number of benzene rings is 1. The monoisotopic (exact) mass is 338 g/mol. The maximum absolute atomic E-state index is 12.5. The van der Waals surface area contributed by atoms with E-state index in [4.69, 9.17) is 0 Å². The SMILES string of the molecule is CCS(=O)(=O)NCCN(C(C)=O)c1ccc(C(F)(F)F)cc1. The van der Waals surface area contributed by atoms with Gasteiger partial charge in [-0.25, -0.2) is 13.1 Å². The van der Waals surface area contributed by atoms with Crippen LogP contribution in [0.15, 0.2) is 24.3 Å². The molecule has 0 fully saturated rings. The largest absolute Gasteiger partial charge is 0.416 e. The summed E-state index contributed by atoms with van der Waals surface area (Å²) in [4.78, 5) is 12.8. The third kappa shape index (κ3) is 5.30. The fraction of sp³-hybridized carbons (Fsp3) is 0.462. The Balaban J connectivity index is 2.82. The molecule has 1 N–H and O–H groups in total. The molecule has 0 aromatic heterocycles. The number of amides is 1. The first-order chi connectivity index (χ1) is 10.1. The zero-order valence-electron chi connectivity index (χ0n) is 12.1. The summed E-state index contributed by atoms with van der Waals surface area (Å²) >= 11 is 0. The van der Waals surface area contributed by atoms with Crippen molar-refractivity contribution in [1.29, 1.82) is 0 Å². The Bertz CT molecular complexity index is 612. The molecule has 0 saturated carbocycles. The van der Waals surface area contributed by atoms with E-state index < -0.39 is 27.7 Å². The lowest BCUT2D eigenvalue weighted by Gasteiger charge is -2.22. The molecule has 5 nitrogen and oxygen atoms in total. The lowest BCUT2D eigenvalue weighted by molar-refractivity contribution is -0.137. The van der Waals surface area contributed by atoms with Crippen molar-refractivity contribution >= 4 is 21.6 Å². The second kappa shape index (κ2) is 7.10. The summed E-state index contributed by atoms with van der Waals surface area (Å²) < 4.78 is 62.4. The third-order valence-corrected chi connectivity index (χ3v) is 4.33. The smallest absolute Gasteiger partial charge is 0.311 e. The van der Waals surface area contributed by atoms with Crippen molar-refractivity contribution in [3.8, 4) is 0 Å². The van der Waals surface area contributed by atoms with Crippen LogP contribution in [-0.2, 0) is 21.0 Å². The number of nitrogens with zero attached hydrogens (tertiary/aromatic N) is 1. The van der Waals surface area contributed by atoms with Crippen molar-refractivity contribution in [2.75, 3.05) is 23.7 Å². The van der Waals surface area contributed by atoms with E-state index in [0.29, 0.717) is 0 Å². The molecule has 0 bridgehead atoms. The average molecular weight is 338 g/mol. The minimum Gasteiger partial charge on any atom is -0.311 e. The summed E-state index contributed by atoms with van der Waals surface area (Å²) in [5, 5.41) is 0. The van der Waals surface area contributed by atoms with E-state index in [2.05, 4.69) is 4.72 Å². The maximum Gasteiger partial charge on any atom is 0.416 e. The predicted molar refractivity (Wildman–Crippen MR) is 76.9 cm³/mol. The van der Waals surface area contributed by atoms with Crippen molar-refractivity contribution < 1.29 is 26.4 Å². The van der Waals surface area contributed by atoms with Gasteiger partial charge in [0, 0.05) is 25.7 Å². The molecular weight excluding hydrogens is 321 g/mol. The Morgan fingerprint density at radius 2 is 1.77 bits per heavy atom. The van der Waals surface area contributed by atoms with Crippen molar-refractivity contribution in [3.05, 3.63) is 29.8 Å². The number of halogens is 3. The number of anilines is 1. The molecule has 0 saturated heterocycles. The number of sulfonamides is 1. The van der Waals surface area contributed by atoms with E-state index in [-0.39, 0.29) is 24.5 Å². The van der Waals surface area contributed by atoms with Crippen LogP contribution in [0, 0.1) is 0 Å². The summed E-state index contributed by atoms with van der Waals surface area (Å²) in [5.74, 6) is -0.483. The zero-order chi connectivity index (χ0) is 17.0. The van der Waals surface area contributed by atoms with Gasteiger partial charge in [-0.15, -0.1) is 0 Å². The molecule has 0 atom stereocenters. The molecule has 1 aromatic carbocycles. The van der Waals surface area contributed by atoms with Crippen LogP contribution < -0.4 is 9.62 Å². The highest BCUT2D eigenvalue weighted by Crippen LogP contribution is 2.30. The van der Waals surface area contributed by atoms with E-state index in [1.165, 1.54) is 30.9 Å². The van der Waals surface area contributed by atoms with Gasteiger partial charge in [-0.3, -0.25) is 4.79 Å². The molecule has 1 rings (SSSR count). The first-order valence-electron chi connectivity index (χ1n) is 6.49. The molecule has 1 aromatic rings. The summed E-state index contributed by atoms with van der Waals surface area (Å²) in [6.45, 7) is 2.74. The van der Waals surface area contributed by atoms with E-state index in [1.54, 1.807) is 0 Å². The summed E-state index contributed by atoms with van der Waals surface area (Å²) in [5.41, 5.74) is -0.539. The highest BCUT2D eigenvalue weighted by molar-refractivity contribution is 7.89. The molecule has 0 aliphatic carbocycles. The van der Waals surface area contributed by atoms with Gasteiger partial charge in [0.1, 0.15) is 0 Å². The number of nitrogens with one attached hydrogen (secondary N) is 1. The predicted octanol–water partition coefficient (Wildman–Crippen LogP) is 2.00. The minimum atomic E-state index is -4.45. The Morgan fingerprint density at radius 3 is 2.18 bits per heavy atom. The molecule has 1 amide bonds. The minimum absolute atomic E-state index is 0.0171. The Labute approximate surface area is 127 Å². The zero-order valence-corrected chi connectivity index (χ0v) is 13.0. The normalized spacial score (nSPS) is 12.2. The Morgan fingerprint density at radius 1 is 1.23 bits per heavy atom. The van der Waals surface area contributed by atoms with Crippen LogP contribution in [0.1, 0.15) is 19.4 Å². The highest BCUT2D eigenvalue weighted by atomic mass is 32.2. The lowest BCUT2D eigenvalue weighted by atomic mass is 10.2. The van der Waals surface area contributed by atoms with Gasteiger partial charge in [0.25, 0.3) is 0 Å². The van der Waals surface area contributed by atoms with Crippen LogP contribution in [0.3, 0.4) is 0 Å². The first-order valence-corrected chi connectivity index (χ1v) is 8.14. The Kier molecular flexibility index (Phi) is 5.95. The van der Waals surface area contributed by atoms with Gasteiger partial charge in [-0.05, 0) is 31.2 Å². The van der Waals surface area contributed by atoms with Gasteiger partial charge < -0.3 is 4.90 Å². The molecule has 0 aliphatic rings. The van der Waals surface area contributed by atoms with E-state index in [1.807, 2.05) is 0 Å². The fourth-order valence-electron chi connectivity index (χ4n) is 1.71. The Hall–Kier alpha value is -1.61. The summed E-state index contributed by atoms with van der Waals surface area (Å²) in [6.07, 6.45) is -4.45. The van der Waals surface area contributed by atoms with Crippen LogP contribution >= 0.6 is 0 Å². The summed E-state index contributed by atoms with van der Waals surface area (Å²) in [6, 6.07) is 4.11. The molecule has 0 radical (unpaired) electrons. The van der Waals surface area contributed by atoms with Gasteiger partial charge in [0.2, 0.25) is 15.9 Å². The number of carbonyl (C=O) groups is 1. The molecule has 0 spiro atoms. The lowest BCUT2D eigenvalue weighted by Crippen LogP contribution is -2.38. The van der Waals surface area contributed by atoms with Gasteiger partial charge in [0.15, 0.2) is 0 Å². The highest BCUT2D eigenvalue weighted by Gasteiger charge is 2.30. The van der Waals surface area contributed by atoms with Crippen molar-refractivity contribution in [1.82, 2.24) is 4.72 Å². The second-order valence-electron chi connectivity index (χ2n) is 4.51. The second-order valence-corrected chi connectivity index (χ2v) is 6.61. The van der Waals surface area contributed by atoms with Crippen molar-refractivity contribution in [2.24, 2.45) is 0 Å². The molecule has 0 unspecified atom stereocenters. The topological polar surface area (TPSA) is 66.5 Å². The maximum atomic E-state index is 12.5. The van der Waals surface area contributed by atoms with E-state index >= 15 is 0 Å². The van der Waals surface area contributed by atoms with Crippen molar-refractivity contribution in [3.63, 3.8) is 0 Å². The number of carbonyl (C=O) groups excluding carboxylic acids is 1. The van der Waals surface area contributed by atoms with Crippen LogP contribution in [-0.4, -0.2) is 33.2 Å². The van der Waals surface area contributed by atoms with Gasteiger partial charge in [-0.1, -0.05) is 0 Å². The molecule has 124 valence electrons. The standard InChI is InChI=1S/C13H17F3N2O3S/c1-3-22(20,21)17-8-9-18(10(2)19)12-6-4-11(5-7-12)13(14,15)16/h4-7,17H,3,8-9H2,1-2H3. The van der Waals surface area contributed by atoms with Gasteiger partial charge in [-0.2, -0.15) is 13.2 Å². The molecule has 9 heteroatoms. The van der Waals surface area contributed by atoms with Crippen molar-refractivity contribution in [2.45, 2.75) is 20.0 Å². The van der Waals surface area contributed by atoms with Crippen LogP contribution in [0.25, 0.3) is 0 Å². The number of alkyl halides is 3. The average Bonchev–Trinajstić information content (AvgIpc) is 2.42. The van der Waals surface area contributed by atoms with Crippen LogP contribution in [0.4, 0.5) is 18.9 Å². The fourth-order valence-corrected chi connectivity index (χ4v) is 2.32. The third-order valence-electron chi connectivity index (χ3n) is 2.92. The molecule has 0 aliphatic heterocycles. The molecular formula is C13H17F3N2O3S. The van der Waals surface area contributed by atoms with Gasteiger partial charge in [0.05, 0.1) is 11.3 Å². The van der Waals surface area contributed by atoms with Gasteiger partial charge >= 0.3 is 6.18 Å². The first kappa shape index (κ1) is 18.4. The molecule has 22 heavy (non-hydrogen) atoms. The number of rotatable bonds is 6. The summed E-state index contributed by atoms with van der Waals surface area (Å²) in [7, 11) is -3.39. The van der Waals surface area contributed by atoms with Crippen LogP contribution in [0.5, 0.6) is 0 Å². The number of hydrogen-bond acceptors (Lipinski definition) is 3. The number of hydrogen-bond donors (Lipinski definition) is 1. The van der Waals surface area contributed by atoms with Crippen LogP contribution in [0.2, 0.25) is 0 Å².